The molecule has 0 fully saturated rings. The Morgan fingerprint density at radius 2 is 2.18 bits per heavy atom. The standard InChI is InChI=1S/C10H16N6O/c1-10(2,3)9-12-8(17-14-9)7-6-16(5-4-11)15-13-7/h6H,4-5,11H2,1-3H3. The van der Waals surface area contributed by atoms with Crippen LogP contribution in [0.3, 0.4) is 0 Å². The normalized spacial score (nSPS) is 12.0. The molecule has 0 aliphatic heterocycles. The highest BCUT2D eigenvalue weighted by Crippen LogP contribution is 2.21. The van der Waals surface area contributed by atoms with Crippen LogP contribution >= 0.6 is 0 Å². The van der Waals surface area contributed by atoms with Gasteiger partial charge in [-0.2, -0.15) is 4.98 Å². The highest BCUT2D eigenvalue weighted by atomic mass is 16.5. The second kappa shape index (κ2) is 4.25. The molecule has 0 bridgehead atoms. The first-order valence-corrected chi connectivity index (χ1v) is 5.45. The van der Waals surface area contributed by atoms with E-state index in [0.717, 1.165) is 0 Å². The van der Waals surface area contributed by atoms with Crippen molar-refractivity contribution in [2.75, 3.05) is 6.54 Å². The molecule has 2 rings (SSSR count). The zero-order valence-corrected chi connectivity index (χ0v) is 10.2. The van der Waals surface area contributed by atoms with Gasteiger partial charge in [0.05, 0.1) is 12.7 Å². The van der Waals surface area contributed by atoms with Crippen LogP contribution in [0.4, 0.5) is 0 Å². The maximum absolute atomic E-state index is 5.43. The molecule has 2 heterocycles. The minimum atomic E-state index is -0.144. The molecule has 7 nitrogen and oxygen atoms in total. The van der Waals surface area contributed by atoms with Crippen molar-refractivity contribution in [1.82, 2.24) is 25.1 Å². The third-order valence-electron chi connectivity index (χ3n) is 2.21. The summed E-state index contributed by atoms with van der Waals surface area (Å²) in [6, 6.07) is 0. The first-order valence-electron chi connectivity index (χ1n) is 5.45. The zero-order valence-electron chi connectivity index (χ0n) is 10.2. The molecule has 2 aromatic heterocycles. The quantitative estimate of drug-likeness (QED) is 0.837. The summed E-state index contributed by atoms with van der Waals surface area (Å²) in [6.45, 7) is 7.19. The van der Waals surface area contributed by atoms with Crippen molar-refractivity contribution in [3.63, 3.8) is 0 Å². The summed E-state index contributed by atoms with van der Waals surface area (Å²) in [5.74, 6) is 1.04. The van der Waals surface area contributed by atoms with Crippen LogP contribution in [0.25, 0.3) is 11.6 Å². The van der Waals surface area contributed by atoms with Crippen molar-refractivity contribution in [1.29, 1.82) is 0 Å². The van der Waals surface area contributed by atoms with Gasteiger partial charge in [0.25, 0.3) is 5.89 Å². The summed E-state index contributed by atoms with van der Waals surface area (Å²) in [5, 5.41) is 11.8. The van der Waals surface area contributed by atoms with Crippen LogP contribution in [0.15, 0.2) is 10.7 Å². The van der Waals surface area contributed by atoms with E-state index >= 15 is 0 Å². The lowest BCUT2D eigenvalue weighted by Gasteiger charge is -2.10. The predicted octanol–water partition coefficient (Wildman–Crippen LogP) is 0.584. The lowest BCUT2D eigenvalue weighted by Crippen LogP contribution is -2.13. The van der Waals surface area contributed by atoms with E-state index in [1.54, 1.807) is 10.9 Å². The smallest absolute Gasteiger partial charge is 0.280 e. The maximum Gasteiger partial charge on any atom is 0.280 e. The number of rotatable bonds is 3. The summed E-state index contributed by atoms with van der Waals surface area (Å²) in [6.07, 6.45) is 1.74. The molecule has 7 heteroatoms. The molecule has 0 aromatic carbocycles. The molecule has 0 radical (unpaired) electrons. The molecule has 0 amide bonds. The van der Waals surface area contributed by atoms with Crippen molar-refractivity contribution in [3.05, 3.63) is 12.0 Å². The fraction of sp³-hybridized carbons (Fsp3) is 0.600. The summed E-state index contributed by atoms with van der Waals surface area (Å²) >= 11 is 0. The SMILES string of the molecule is CC(C)(C)c1noc(-c2cn(CCN)nn2)n1. The van der Waals surface area contributed by atoms with Gasteiger partial charge in [0, 0.05) is 12.0 Å². The van der Waals surface area contributed by atoms with Gasteiger partial charge in [0.1, 0.15) is 0 Å². The third-order valence-corrected chi connectivity index (χ3v) is 2.21. The van der Waals surface area contributed by atoms with Gasteiger partial charge in [-0.05, 0) is 0 Å². The molecule has 0 saturated carbocycles. The lowest BCUT2D eigenvalue weighted by molar-refractivity contribution is 0.401. The van der Waals surface area contributed by atoms with Gasteiger partial charge in [-0.15, -0.1) is 5.10 Å². The number of nitrogens with zero attached hydrogens (tertiary/aromatic N) is 5. The molecule has 2 N–H and O–H groups in total. The van der Waals surface area contributed by atoms with Gasteiger partial charge in [-0.25, -0.2) is 0 Å². The van der Waals surface area contributed by atoms with E-state index in [1.807, 2.05) is 20.8 Å². The summed E-state index contributed by atoms with van der Waals surface area (Å²) in [7, 11) is 0. The van der Waals surface area contributed by atoms with Crippen molar-refractivity contribution < 1.29 is 4.52 Å². The van der Waals surface area contributed by atoms with Gasteiger partial charge in [0.2, 0.25) is 0 Å². The fourth-order valence-electron chi connectivity index (χ4n) is 1.27. The Morgan fingerprint density at radius 3 is 2.76 bits per heavy atom. The Balaban J connectivity index is 2.24. The topological polar surface area (TPSA) is 95.7 Å². The van der Waals surface area contributed by atoms with Crippen molar-refractivity contribution in [3.8, 4) is 11.6 Å². The van der Waals surface area contributed by atoms with Gasteiger partial charge in [0.15, 0.2) is 11.5 Å². The summed E-state index contributed by atoms with van der Waals surface area (Å²) in [4.78, 5) is 4.30. The average molecular weight is 236 g/mol. The van der Waals surface area contributed by atoms with E-state index < -0.39 is 0 Å². The van der Waals surface area contributed by atoms with E-state index in [2.05, 4.69) is 20.5 Å². The summed E-state index contributed by atoms with van der Waals surface area (Å²) < 4.78 is 6.81. The monoisotopic (exact) mass is 236 g/mol. The van der Waals surface area contributed by atoms with Gasteiger partial charge in [-0.1, -0.05) is 31.1 Å². The first-order chi connectivity index (χ1) is 8.00. The van der Waals surface area contributed by atoms with Crippen molar-refractivity contribution in [2.45, 2.75) is 32.7 Å². The van der Waals surface area contributed by atoms with Crippen LogP contribution in [-0.4, -0.2) is 31.7 Å². The second-order valence-corrected chi connectivity index (χ2v) is 4.83. The molecule has 0 saturated heterocycles. The number of nitrogens with two attached hydrogens (primary N) is 1. The first kappa shape index (κ1) is 11.7. The van der Waals surface area contributed by atoms with Crippen LogP contribution < -0.4 is 5.73 Å². The van der Waals surface area contributed by atoms with Gasteiger partial charge in [-0.3, -0.25) is 4.68 Å². The number of hydrogen-bond acceptors (Lipinski definition) is 6. The van der Waals surface area contributed by atoms with Crippen molar-refractivity contribution in [2.24, 2.45) is 5.73 Å². The van der Waals surface area contributed by atoms with Crippen LogP contribution in [0.2, 0.25) is 0 Å². The van der Waals surface area contributed by atoms with Crippen LogP contribution in [0.5, 0.6) is 0 Å². The third kappa shape index (κ3) is 2.50. The maximum atomic E-state index is 5.43. The minimum Gasteiger partial charge on any atom is -0.332 e. The molecule has 0 unspecified atom stereocenters. The van der Waals surface area contributed by atoms with Crippen LogP contribution in [0.1, 0.15) is 26.6 Å². The number of aromatic nitrogens is 5. The van der Waals surface area contributed by atoms with Gasteiger partial charge < -0.3 is 10.3 Å². The molecule has 92 valence electrons. The molecule has 2 aromatic rings. The van der Waals surface area contributed by atoms with Crippen LogP contribution in [0, 0.1) is 0 Å². The van der Waals surface area contributed by atoms with E-state index in [1.165, 1.54) is 0 Å². The molecule has 17 heavy (non-hydrogen) atoms. The largest absolute Gasteiger partial charge is 0.332 e. The number of hydrogen-bond donors (Lipinski definition) is 1. The van der Waals surface area contributed by atoms with E-state index in [9.17, 15) is 0 Å². The predicted molar refractivity (Wildman–Crippen MR) is 61.1 cm³/mol. The summed E-state index contributed by atoms with van der Waals surface area (Å²) in [5.41, 5.74) is 5.86. The second-order valence-electron chi connectivity index (χ2n) is 4.83. The molecular formula is C10H16N6O. The van der Waals surface area contributed by atoms with Crippen molar-refractivity contribution >= 4 is 0 Å². The van der Waals surface area contributed by atoms with Crippen LogP contribution in [-0.2, 0) is 12.0 Å². The Kier molecular flexibility index (Phi) is 2.93. The Hall–Kier alpha value is -1.76. The Labute approximate surface area is 99.0 Å². The van der Waals surface area contributed by atoms with E-state index in [0.29, 0.717) is 30.5 Å². The zero-order chi connectivity index (χ0) is 12.5. The van der Waals surface area contributed by atoms with E-state index in [-0.39, 0.29) is 5.41 Å². The van der Waals surface area contributed by atoms with Gasteiger partial charge >= 0.3 is 0 Å². The molecule has 0 spiro atoms. The Bertz CT molecular complexity index is 495. The highest BCUT2D eigenvalue weighted by molar-refractivity contribution is 5.43. The lowest BCUT2D eigenvalue weighted by atomic mass is 9.96. The minimum absolute atomic E-state index is 0.144. The molecule has 0 atom stereocenters. The highest BCUT2D eigenvalue weighted by Gasteiger charge is 2.22. The molecule has 0 aliphatic rings. The average Bonchev–Trinajstić information content (AvgIpc) is 2.82. The van der Waals surface area contributed by atoms with E-state index in [4.69, 9.17) is 10.3 Å². The molecular weight excluding hydrogens is 220 g/mol. The Morgan fingerprint density at radius 1 is 1.41 bits per heavy atom. The fourth-order valence-corrected chi connectivity index (χ4v) is 1.27. The molecule has 0 aliphatic carbocycles.